The summed E-state index contributed by atoms with van der Waals surface area (Å²) in [5.41, 5.74) is 0.636. The summed E-state index contributed by atoms with van der Waals surface area (Å²) in [5, 5.41) is 21.2. The molecule has 0 unspecified atom stereocenters. The second-order valence-corrected chi connectivity index (χ2v) is 5.09. The summed E-state index contributed by atoms with van der Waals surface area (Å²) in [6.45, 7) is 3.50. The molecule has 0 aliphatic heterocycles. The van der Waals surface area contributed by atoms with Crippen molar-refractivity contribution >= 4 is 22.6 Å². The van der Waals surface area contributed by atoms with Crippen molar-refractivity contribution in [3.05, 3.63) is 34.9 Å². The summed E-state index contributed by atoms with van der Waals surface area (Å²) < 4.78 is 2.68. The predicted molar refractivity (Wildman–Crippen MR) is 74.1 cm³/mol. The van der Waals surface area contributed by atoms with Gasteiger partial charge in [-0.25, -0.2) is 9.31 Å². The van der Waals surface area contributed by atoms with Crippen LogP contribution in [0.15, 0.2) is 29.3 Å². The van der Waals surface area contributed by atoms with E-state index in [1.165, 1.54) is 15.3 Å². The molecule has 3 aromatic rings. The summed E-state index contributed by atoms with van der Waals surface area (Å²) in [4.78, 5) is 23.9. The number of nitrogens with zero attached hydrogens (tertiary/aromatic N) is 5. The summed E-state index contributed by atoms with van der Waals surface area (Å²) >= 11 is 0. The average Bonchev–Trinajstić information content (AvgIpc) is 2.89. The molecule has 0 aliphatic carbocycles. The highest BCUT2D eigenvalue weighted by Gasteiger charge is 2.25. The Hall–Kier alpha value is -2.77. The summed E-state index contributed by atoms with van der Waals surface area (Å²) in [6, 6.07) is 2.35. The fourth-order valence-corrected chi connectivity index (χ4v) is 2.40. The third kappa shape index (κ3) is 1.95. The molecule has 3 rings (SSSR count). The number of fused-ring (bicyclic) bond motifs is 3. The monoisotopic (exact) mass is 287 g/mol. The number of hydrogen-bond donors (Lipinski definition) is 1. The van der Waals surface area contributed by atoms with Crippen LogP contribution in [-0.4, -0.2) is 35.5 Å². The van der Waals surface area contributed by atoms with E-state index in [2.05, 4.69) is 15.3 Å². The molecule has 21 heavy (non-hydrogen) atoms. The lowest BCUT2D eigenvalue weighted by Crippen LogP contribution is -2.33. The number of rotatable bonds is 3. The van der Waals surface area contributed by atoms with Crippen LogP contribution in [0.3, 0.4) is 0 Å². The van der Waals surface area contributed by atoms with E-state index in [-0.39, 0.29) is 11.4 Å². The van der Waals surface area contributed by atoms with Gasteiger partial charge in [0.25, 0.3) is 5.56 Å². The third-order valence-electron chi connectivity index (χ3n) is 3.36. The predicted octanol–water partition coefficient (Wildman–Crippen LogP) is 0.721. The first-order chi connectivity index (χ1) is 10.0. The standard InChI is InChI=1S/C13H13N5O3/c1-7(2)11(13(20)21)17-6-4-8-10(12(17)19)16-15-9-3-5-14-18(8)9/h3-7,11H,1-2H3,(H,20,21)/t11-/m1/s1. The maximum atomic E-state index is 12.5. The minimum absolute atomic E-state index is 0.0978. The van der Waals surface area contributed by atoms with Crippen molar-refractivity contribution in [2.75, 3.05) is 0 Å². The normalized spacial score (nSPS) is 13.1. The average molecular weight is 287 g/mol. The molecule has 1 atom stereocenters. The first-order valence-electron chi connectivity index (χ1n) is 6.45. The number of aromatic nitrogens is 5. The van der Waals surface area contributed by atoms with Crippen LogP contribution in [0.2, 0.25) is 0 Å². The summed E-state index contributed by atoms with van der Waals surface area (Å²) in [5.74, 6) is -1.29. The van der Waals surface area contributed by atoms with Gasteiger partial charge in [0.2, 0.25) is 0 Å². The SMILES string of the molecule is CC(C)[C@H](C(=O)O)n1ccc2c(nnc3ccnn32)c1=O. The van der Waals surface area contributed by atoms with Gasteiger partial charge in [0.15, 0.2) is 11.2 Å². The van der Waals surface area contributed by atoms with Crippen LogP contribution in [0, 0.1) is 5.92 Å². The van der Waals surface area contributed by atoms with Crippen molar-refractivity contribution < 1.29 is 9.90 Å². The van der Waals surface area contributed by atoms with Gasteiger partial charge in [0.1, 0.15) is 11.6 Å². The fourth-order valence-electron chi connectivity index (χ4n) is 2.40. The zero-order valence-corrected chi connectivity index (χ0v) is 11.5. The van der Waals surface area contributed by atoms with Gasteiger partial charge in [-0.3, -0.25) is 9.36 Å². The van der Waals surface area contributed by atoms with Crippen LogP contribution < -0.4 is 5.56 Å². The van der Waals surface area contributed by atoms with E-state index in [1.807, 2.05) is 0 Å². The minimum atomic E-state index is -1.06. The number of carboxylic acids is 1. The molecule has 8 nitrogen and oxygen atoms in total. The molecule has 1 N–H and O–H groups in total. The summed E-state index contributed by atoms with van der Waals surface area (Å²) in [7, 11) is 0. The smallest absolute Gasteiger partial charge is 0.327 e. The van der Waals surface area contributed by atoms with Crippen molar-refractivity contribution in [1.29, 1.82) is 0 Å². The molecule has 8 heteroatoms. The van der Waals surface area contributed by atoms with Crippen LogP contribution in [-0.2, 0) is 4.79 Å². The maximum Gasteiger partial charge on any atom is 0.327 e. The largest absolute Gasteiger partial charge is 0.480 e. The number of hydrogen-bond acceptors (Lipinski definition) is 5. The van der Waals surface area contributed by atoms with Crippen molar-refractivity contribution in [2.45, 2.75) is 19.9 Å². The highest BCUT2D eigenvalue weighted by atomic mass is 16.4. The molecule has 0 aromatic carbocycles. The Morgan fingerprint density at radius 2 is 2.05 bits per heavy atom. The van der Waals surface area contributed by atoms with Gasteiger partial charge in [-0.1, -0.05) is 13.8 Å². The van der Waals surface area contributed by atoms with E-state index >= 15 is 0 Å². The maximum absolute atomic E-state index is 12.5. The molecule has 0 fully saturated rings. The molecule has 3 heterocycles. The Kier molecular flexibility index (Phi) is 2.93. The molecular weight excluding hydrogens is 274 g/mol. The van der Waals surface area contributed by atoms with Gasteiger partial charge in [0.05, 0.1) is 6.20 Å². The van der Waals surface area contributed by atoms with E-state index in [9.17, 15) is 14.7 Å². The van der Waals surface area contributed by atoms with E-state index in [0.717, 1.165) is 0 Å². The van der Waals surface area contributed by atoms with Crippen LogP contribution in [0.25, 0.3) is 16.7 Å². The van der Waals surface area contributed by atoms with E-state index in [0.29, 0.717) is 11.2 Å². The topological polar surface area (TPSA) is 102 Å². The number of pyridine rings is 1. The van der Waals surface area contributed by atoms with Crippen molar-refractivity contribution in [3.63, 3.8) is 0 Å². The fraction of sp³-hybridized carbons (Fsp3) is 0.308. The molecule has 0 bridgehead atoms. The Morgan fingerprint density at radius 1 is 1.29 bits per heavy atom. The van der Waals surface area contributed by atoms with Crippen molar-refractivity contribution in [2.24, 2.45) is 5.92 Å². The van der Waals surface area contributed by atoms with E-state index in [4.69, 9.17) is 0 Å². The first kappa shape index (κ1) is 13.2. The molecular formula is C13H13N5O3. The minimum Gasteiger partial charge on any atom is -0.480 e. The van der Waals surface area contributed by atoms with Gasteiger partial charge < -0.3 is 5.11 Å². The molecule has 0 amide bonds. The second kappa shape index (κ2) is 4.65. The van der Waals surface area contributed by atoms with E-state index < -0.39 is 17.6 Å². The molecule has 0 spiro atoms. The van der Waals surface area contributed by atoms with E-state index in [1.54, 1.807) is 32.2 Å². The Balaban J connectivity index is 2.32. The van der Waals surface area contributed by atoms with Crippen molar-refractivity contribution in [1.82, 2.24) is 24.4 Å². The molecule has 0 radical (unpaired) electrons. The zero-order valence-electron chi connectivity index (χ0n) is 11.5. The Bertz CT molecular complexity index is 896. The first-order valence-corrected chi connectivity index (χ1v) is 6.45. The van der Waals surface area contributed by atoms with Crippen LogP contribution in [0.1, 0.15) is 19.9 Å². The van der Waals surface area contributed by atoms with Crippen LogP contribution >= 0.6 is 0 Å². The lowest BCUT2D eigenvalue weighted by molar-refractivity contribution is -0.142. The number of carboxylic acid groups (broad SMARTS) is 1. The lowest BCUT2D eigenvalue weighted by Gasteiger charge is -2.19. The Labute approximate surface area is 118 Å². The number of carbonyl (C=O) groups is 1. The zero-order chi connectivity index (χ0) is 15.1. The molecule has 108 valence electrons. The third-order valence-corrected chi connectivity index (χ3v) is 3.36. The van der Waals surface area contributed by atoms with Crippen LogP contribution in [0.5, 0.6) is 0 Å². The molecule has 0 aliphatic rings. The van der Waals surface area contributed by atoms with Gasteiger partial charge in [0, 0.05) is 12.3 Å². The number of aliphatic carboxylic acids is 1. The van der Waals surface area contributed by atoms with Crippen molar-refractivity contribution in [3.8, 4) is 0 Å². The lowest BCUT2D eigenvalue weighted by atomic mass is 10.0. The van der Waals surface area contributed by atoms with Gasteiger partial charge in [-0.15, -0.1) is 10.2 Å². The van der Waals surface area contributed by atoms with Gasteiger partial charge in [-0.05, 0) is 12.0 Å². The highest BCUT2D eigenvalue weighted by molar-refractivity contribution is 5.76. The van der Waals surface area contributed by atoms with Gasteiger partial charge in [-0.2, -0.15) is 5.10 Å². The summed E-state index contributed by atoms with van der Waals surface area (Å²) in [6.07, 6.45) is 3.02. The molecule has 3 aromatic heterocycles. The van der Waals surface area contributed by atoms with Crippen LogP contribution in [0.4, 0.5) is 0 Å². The second-order valence-electron chi connectivity index (χ2n) is 5.09. The molecule has 0 saturated heterocycles. The molecule has 0 saturated carbocycles. The quantitative estimate of drug-likeness (QED) is 0.761. The Morgan fingerprint density at radius 3 is 2.71 bits per heavy atom. The van der Waals surface area contributed by atoms with Gasteiger partial charge >= 0.3 is 5.97 Å². The highest BCUT2D eigenvalue weighted by Crippen LogP contribution is 2.17.